The maximum Gasteiger partial charge on any atom is 0.244 e. The maximum atomic E-state index is 11.8. The van der Waals surface area contributed by atoms with Crippen molar-refractivity contribution in [2.75, 3.05) is 0 Å². The molecule has 132 valence electrons. The predicted octanol–water partition coefficient (Wildman–Crippen LogP) is 5.60. The quantitative estimate of drug-likeness (QED) is 0.340. The maximum absolute atomic E-state index is 11.8. The van der Waals surface area contributed by atoms with Crippen LogP contribution in [0.5, 0.6) is 0 Å². The highest BCUT2D eigenvalue weighted by atomic mass is 35.5. The number of hydrogen-bond acceptors (Lipinski definition) is 3. The lowest BCUT2D eigenvalue weighted by Crippen LogP contribution is -2.19. The van der Waals surface area contributed by atoms with E-state index in [-0.39, 0.29) is 12.3 Å². The lowest BCUT2D eigenvalue weighted by molar-refractivity contribution is -0.120. The van der Waals surface area contributed by atoms with Crippen LogP contribution >= 0.6 is 34.8 Å². The van der Waals surface area contributed by atoms with Gasteiger partial charge in [-0.1, -0.05) is 65.1 Å². The van der Waals surface area contributed by atoms with Gasteiger partial charge in [-0.3, -0.25) is 4.79 Å². The number of halogens is 3. The van der Waals surface area contributed by atoms with Crippen LogP contribution in [0.15, 0.2) is 64.1 Å². The van der Waals surface area contributed by atoms with E-state index >= 15 is 0 Å². The van der Waals surface area contributed by atoms with Gasteiger partial charge in [-0.25, -0.2) is 5.43 Å². The van der Waals surface area contributed by atoms with Crippen molar-refractivity contribution in [3.63, 3.8) is 0 Å². The van der Waals surface area contributed by atoms with Gasteiger partial charge in [0.1, 0.15) is 11.5 Å². The number of carbonyl (C=O) groups is 1. The Hall–Kier alpha value is -2.27. The molecule has 0 bridgehead atoms. The van der Waals surface area contributed by atoms with Gasteiger partial charge < -0.3 is 4.42 Å². The van der Waals surface area contributed by atoms with Gasteiger partial charge in [-0.05, 0) is 29.8 Å². The number of rotatable bonds is 5. The van der Waals surface area contributed by atoms with Crippen molar-refractivity contribution in [2.45, 2.75) is 6.42 Å². The Morgan fingerprint density at radius 3 is 2.50 bits per heavy atom. The zero-order valence-electron chi connectivity index (χ0n) is 13.4. The topological polar surface area (TPSA) is 54.6 Å². The molecular weight excluding hydrogens is 395 g/mol. The van der Waals surface area contributed by atoms with E-state index in [1.807, 2.05) is 30.3 Å². The summed E-state index contributed by atoms with van der Waals surface area (Å²) in [7, 11) is 0. The standard InChI is InChI=1S/C19H13Cl3N2O2/c20-15-10-17(22)16(21)9-14(15)18-7-6-13(26-18)11-23-24-19(25)8-12-4-2-1-3-5-12/h1-7,9-11H,8H2,(H,24,25). The molecule has 1 amide bonds. The molecule has 0 fully saturated rings. The summed E-state index contributed by atoms with van der Waals surface area (Å²) in [4.78, 5) is 11.8. The van der Waals surface area contributed by atoms with Crippen molar-refractivity contribution < 1.29 is 9.21 Å². The van der Waals surface area contributed by atoms with Crippen molar-refractivity contribution >= 4 is 46.9 Å². The summed E-state index contributed by atoms with van der Waals surface area (Å²) in [5.41, 5.74) is 3.99. The number of nitrogens with one attached hydrogen (secondary N) is 1. The molecule has 0 saturated carbocycles. The third-order valence-electron chi connectivity index (χ3n) is 3.49. The summed E-state index contributed by atoms with van der Waals surface area (Å²) >= 11 is 18.1. The highest BCUT2D eigenvalue weighted by molar-refractivity contribution is 6.44. The molecule has 0 radical (unpaired) electrons. The first-order valence-electron chi connectivity index (χ1n) is 7.63. The minimum Gasteiger partial charge on any atom is -0.455 e. The zero-order chi connectivity index (χ0) is 18.5. The molecule has 0 saturated heterocycles. The van der Waals surface area contributed by atoms with Gasteiger partial charge in [0, 0.05) is 5.56 Å². The van der Waals surface area contributed by atoms with Gasteiger partial charge in [0.05, 0.1) is 27.7 Å². The molecule has 0 aliphatic rings. The van der Waals surface area contributed by atoms with E-state index in [1.165, 1.54) is 6.21 Å². The van der Waals surface area contributed by atoms with Crippen molar-refractivity contribution in [1.82, 2.24) is 5.43 Å². The normalized spacial score (nSPS) is 11.0. The summed E-state index contributed by atoms with van der Waals surface area (Å²) in [6, 6.07) is 16.0. The number of benzene rings is 2. The van der Waals surface area contributed by atoms with E-state index < -0.39 is 0 Å². The predicted molar refractivity (Wildman–Crippen MR) is 105 cm³/mol. The second kappa shape index (κ2) is 8.41. The Kier molecular flexibility index (Phi) is 5.99. The molecule has 0 unspecified atom stereocenters. The summed E-state index contributed by atoms with van der Waals surface area (Å²) in [5.74, 6) is 0.763. The van der Waals surface area contributed by atoms with Crippen LogP contribution in [0.3, 0.4) is 0 Å². The van der Waals surface area contributed by atoms with Crippen LogP contribution in [0.4, 0.5) is 0 Å². The molecule has 7 heteroatoms. The van der Waals surface area contributed by atoms with Crippen LogP contribution in [0.2, 0.25) is 15.1 Å². The number of hydrazone groups is 1. The first-order chi connectivity index (χ1) is 12.5. The molecule has 3 rings (SSSR count). The highest BCUT2D eigenvalue weighted by Crippen LogP contribution is 2.35. The SMILES string of the molecule is O=C(Cc1ccccc1)NN=Cc1ccc(-c2cc(Cl)c(Cl)cc2Cl)o1. The second-order valence-electron chi connectivity index (χ2n) is 5.40. The van der Waals surface area contributed by atoms with Crippen molar-refractivity contribution in [1.29, 1.82) is 0 Å². The van der Waals surface area contributed by atoms with E-state index in [1.54, 1.807) is 24.3 Å². The zero-order valence-corrected chi connectivity index (χ0v) is 15.6. The molecule has 0 aliphatic heterocycles. The third kappa shape index (κ3) is 4.67. The first-order valence-corrected chi connectivity index (χ1v) is 8.77. The molecule has 1 N–H and O–H groups in total. The van der Waals surface area contributed by atoms with Gasteiger partial charge >= 0.3 is 0 Å². The average Bonchev–Trinajstić information content (AvgIpc) is 3.07. The fourth-order valence-electron chi connectivity index (χ4n) is 2.27. The number of nitrogens with zero attached hydrogens (tertiary/aromatic N) is 1. The number of hydrogen-bond donors (Lipinski definition) is 1. The highest BCUT2D eigenvalue weighted by Gasteiger charge is 2.11. The summed E-state index contributed by atoms with van der Waals surface area (Å²) in [6.45, 7) is 0. The minimum absolute atomic E-state index is 0.216. The molecule has 26 heavy (non-hydrogen) atoms. The Labute approximate surface area is 165 Å². The largest absolute Gasteiger partial charge is 0.455 e. The van der Waals surface area contributed by atoms with Gasteiger partial charge in [-0.15, -0.1) is 0 Å². The molecule has 3 aromatic rings. The van der Waals surface area contributed by atoms with E-state index in [0.29, 0.717) is 32.2 Å². The van der Waals surface area contributed by atoms with Crippen molar-refractivity contribution in [3.8, 4) is 11.3 Å². The minimum atomic E-state index is -0.216. The lowest BCUT2D eigenvalue weighted by Gasteiger charge is -2.03. The monoisotopic (exact) mass is 406 g/mol. The Morgan fingerprint density at radius 1 is 1.00 bits per heavy atom. The molecule has 2 aromatic carbocycles. The van der Waals surface area contributed by atoms with E-state index in [9.17, 15) is 4.79 Å². The summed E-state index contributed by atoms with van der Waals surface area (Å²) < 4.78 is 5.66. The van der Waals surface area contributed by atoms with Crippen molar-refractivity contribution in [3.05, 3.63) is 81.0 Å². The molecule has 1 aromatic heterocycles. The number of furan rings is 1. The summed E-state index contributed by atoms with van der Waals surface area (Å²) in [5, 5.41) is 5.08. The molecule has 0 atom stereocenters. The molecule has 0 spiro atoms. The van der Waals surface area contributed by atoms with Crippen LogP contribution in [-0.2, 0) is 11.2 Å². The van der Waals surface area contributed by atoms with E-state index in [2.05, 4.69) is 10.5 Å². The van der Waals surface area contributed by atoms with Crippen molar-refractivity contribution in [2.24, 2.45) is 5.10 Å². The number of amides is 1. The van der Waals surface area contributed by atoms with Gasteiger partial charge in [0.15, 0.2) is 0 Å². The van der Waals surface area contributed by atoms with Crippen LogP contribution < -0.4 is 5.43 Å². The molecule has 0 aliphatic carbocycles. The van der Waals surface area contributed by atoms with E-state index in [4.69, 9.17) is 39.2 Å². The number of carbonyl (C=O) groups excluding carboxylic acids is 1. The van der Waals surface area contributed by atoms with Crippen LogP contribution in [0.1, 0.15) is 11.3 Å². The fraction of sp³-hybridized carbons (Fsp3) is 0.0526. The Morgan fingerprint density at radius 2 is 1.73 bits per heavy atom. The average molecular weight is 408 g/mol. The smallest absolute Gasteiger partial charge is 0.244 e. The van der Waals surface area contributed by atoms with Crippen LogP contribution in [-0.4, -0.2) is 12.1 Å². The summed E-state index contributed by atoms with van der Waals surface area (Å²) in [6.07, 6.45) is 1.66. The second-order valence-corrected chi connectivity index (χ2v) is 6.63. The lowest BCUT2D eigenvalue weighted by atomic mass is 10.1. The fourth-order valence-corrected chi connectivity index (χ4v) is 2.91. The van der Waals surface area contributed by atoms with Gasteiger partial charge in [0.2, 0.25) is 5.91 Å². The van der Waals surface area contributed by atoms with Crippen LogP contribution in [0.25, 0.3) is 11.3 Å². The van der Waals surface area contributed by atoms with Gasteiger partial charge in [0.25, 0.3) is 0 Å². The molecule has 1 heterocycles. The molecule has 4 nitrogen and oxygen atoms in total. The van der Waals surface area contributed by atoms with E-state index in [0.717, 1.165) is 5.56 Å². The van der Waals surface area contributed by atoms with Gasteiger partial charge in [-0.2, -0.15) is 5.10 Å². The molecular formula is C19H13Cl3N2O2. The Bertz CT molecular complexity index is 953. The first kappa shape index (κ1) is 18.5. The third-order valence-corrected chi connectivity index (χ3v) is 4.53. The van der Waals surface area contributed by atoms with Crippen LogP contribution in [0, 0.1) is 0 Å². The Balaban J connectivity index is 1.64.